The molecule has 7 atom stereocenters. The van der Waals surface area contributed by atoms with E-state index in [-0.39, 0.29) is 35.8 Å². The third kappa shape index (κ3) is 2.62. The number of rotatable bonds is 2. The molecule has 11 heteroatoms. The summed E-state index contributed by atoms with van der Waals surface area (Å²) in [5.41, 5.74) is -2.06. The van der Waals surface area contributed by atoms with Crippen molar-refractivity contribution in [2.45, 2.75) is 79.3 Å². The van der Waals surface area contributed by atoms with Crippen molar-refractivity contribution >= 4 is 23.3 Å². The minimum absolute atomic E-state index is 0.0834. The zero-order chi connectivity index (χ0) is 32.5. The number of likely N-dealkylation sites (tertiary alicyclic amines) is 1. The number of piperidine rings is 3. The van der Waals surface area contributed by atoms with Crippen LogP contribution in [0.2, 0.25) is 0 Å². The maximum Gasteiger partial charge on any atom is 0.308 e. The molecule has 2 spiro atoms. The van der Waals surface area contributed by atoms with Gasteiger partial charge in [0.2, 0.25) is 5.91 Å². The van der Waals surface area contributed by atoms with E-state index in [1.165, 1.54) is 4.90 Å². The number of carbonyl (C=O) groups excluding carboxylic acids is 2. The summed E-state index contributed by atoms with van der Waals surface area (Å²) in [6.45, 7) is 2.19. The number of phenols is 2. The molecule has 246 valence electrons. The predicted octanol–water partition coefficient (Wildman–Crippen LogP) is 2.68. The molecule has 11 nitrogen and oxygen atoms in total. The van der Waals surface area contributed by atoms with Crippen LogP contribution in [0.25, 0.3) is 0 Å². The van der Waals surface area contributed by atoms with Gasteiger partial charge in [-0.05, 0) is 69.0 Å². The predicted molar refractivity (Wildman–Crippen MR) is 171 cm³/mol. The Morgan fingerprint density at radius 3 is 2.64 bits per heavy atom. The quantitative estimate of drug-likeness (QED) is 0.333. The lowest BCUT2D eigenvalue weighted by Gasteiger charge is -2.59. The van der Waals surface area contributed by atoms with Crippen LogP contribution >= 0.6 is 0 Å². The Labute approximate surface area is 272 Å². The molecule has 3 N–H and O–H groups in total. The molecule has 0 bridgehead atoms. The fourth-order valence-electron chi connectivity index (χ4n) is 12.4. The number of nitrogens with zero attached hydrogens (tertiary/aromatic N) is 4. The van der Waals surface area contributed by atoms with Crippen molar-refractivity contribution in [2.24, 2.45) is 5.41 Å². The summed E-state index contributed by atoms with van der Waals surface area (Å²) in [5.74, 6) is -0.322. The van der Waals surface area contributed by atoms with Gasteiger partial charge < -0.3 is 29.7 Å². The molecule has 1 aliphatic carbocycles. The van der Waals surface area contributed by atoms with Crippen LogP contribution in [0.4, 0.5) is 11.4 Å². The molecule has 7 heterocycles. The van der Waals surface area contributed by atoms with Gasteiger partial charge in [0.05, 0.1) is 53.2 Å². The first-order valence-corrected chi connectivity index (χ1v) is 17.0. The number of hydrogen-bond donors (Lipinski definition) is 3. The molecule has 47 heavy (non-hydrogen) atoms. The Kier molecular flexibility index (Phi) is 5.06. The second-order valence-corrected chi connectivity index (χ2v) is 15.2. The number of fused-ring (bicyclic) bond motifs is 4. The summed E-state index contributed by atoms with van der Waals surface area (Å²) in [6, 6.07) is 6.59. The standard InChI is InChI=1S/C36H40N4O7/c1-37-16-13-33(20-6-4-7-23(41)28(20)40-26(42)9-8-25(37)35(33,40)45)22-18-21-29(31(46-3)30(22)44)38(2)24-10-12-32-11-5-15-39-17-14-34(21,24)36(32,39)47-27(43)19-32/h4,6-7,10,12,18,24-25,41,44-45H,5,8-9,11,13-17,19H2,1-3H3/t24-,25-,32-,33-,34-,35+,36+/m1/s1. The van der Waals surface area contributed by atoms with Crippen molar-refractivity contribution in [1.29, 1.82) is 0 Å². The summed E-state index contributed by atoms with van der Waals surface area (Å²) in [4.78, 5) is 35.3. The summed E-state index contributed by atoms with van der Waals surface area (Å²) >= 11 is 0. The number of esters is 1. The van der Waals surface area contributed by atoms with Crippen LogP contribution < -0.4 is 14.5 Å². The van der Waals surface area contributed by atoms with E-state index in [0.717, 1.165) is 43.6 Å². The fraction of sp³-hybridized carbons (Fsp3) is 0.556. The van der Waals surface area contributed by atoms with Gasteiger partial charge in [0.1, 0.15) is 5.75 Å². The van der Waals surface area contributed by atoms with Gasteiger partial charge in [-0.15, -0.1) is 0 Å². The van der Waals surface area contributed by atoms with Gasteiger partial charge in [0.15, 0.2) is 22.9 Å². The van der Waals surface area contributed by atoms with E-state index in [9.17, 15) is 24.9 Å². The lowest BCUT2D eigenvalue weighted by Crippen LogP contribution is -2.75. The van der Waals surface area contributed by atoms with Gasteiger partial charge in [-0.2, -0.15) is 0 Å². The fourth-order valence-corrected chi connectivity index (χ4v) is 12.4. The average Bonchev–Trinajstić information content (AvgIpc) is 3.70. The zero-order valence-electron chi connectivity index (χ0n) is 27.0. The average molecular weight is 641 g/mol. The number of anilines is 2. The molecule has 1 amide bonds. The van der Waals surface area contributed by atoms with Crippen LogP contribution in [-0.4, -0.2) is 101 Å². The van der Waals surface area contributed by atoms with E-state index in [0.29, 0.717) is 48.4 Å². The van der Waals surface area contributed by atoms with Gasteiger partial charge >= 0.3 is 5.97 Å². The molecule has 0 radical (unpaired) electrons. The molecule has 0 aromatic heterocycles. The molecule has 5 saturated heterocycles. The SMILES string of the molecule is COc1c(O)c([C@@]23CCN(C)[C@@H]4CCC(=O)N(c5c(O)cccc52)[C@]43O)cc2c1N(C)[C@@H]1C=C[C@@]34CCCN5CC[C@@]21[C@]53OC(=O)C4. The van der Waals surface area contributed by atoms with Crippen molar-refractivity contribution in [3.63, 3.8) is 0 Å². The number of benzene rings is 2. The first-order valence-electron chi connectivity index (χ1n) is 17.0. The number of aliphatic hydroxyl groups is 1. The van der Waals surface area contributed by atoms with Crippen molar-refractivity contribution in [1.82, 2.24) is 9.80 Å². The number of methoxy groups -OCH3 is 1. The van der Waals surface area contributed by atoms with E-state index in [2.05, 4.69) is 26.9 Å². The molecule has 10 rings (SSSR count). The Morgan fingerprint density at radius 2 is 1.83 bits per heavy atom. The summed E-state index contributed by atoms with van der Waals surface area (Å²) in [7, 11) is 5.53. The monoisotopic (exact) mass is 640 g/mol. The maximum atomic E-state index is 13.8. The van der Waals surface area contributed by atoms with E-state index in [4.69, 9.17) is 9.47 Å². The molecule has 2 aromatic rings. The lowest BCUT2D eigenvalue weighted by molar-refractivity contribution is -0.207. The van der Waals surface area contributed by atoms with Crippen molar-refractivity contribution < 1.29 is 34.4 Å². The second kappa shape index (κ2) is 8.43. The highest BCUT2D eigenvalue weighted by Crippen LogP contribution is 2.74. The Morgan fingerprint density at radius 1 is 1.00 bits per heavy atom. The number of likely N-dealkylation sites (N-methyl/N-ethyl adjacent to an activating group) is 2. The number of carbonyl (C=O) groups is 2. The van der Waals surface area contributed by atoms with Gasteiger partial charge in [-0.25, -0.2) is 0 Å². The van der Waals surface area contributed by atoms with Crippen molar-refractivity contribution in [3.8, 4) is 17.2 Å². The molecular formula is C36H40N4O7. The third-order valence-corrected chi connectivity index (χ3v) is 13.9. The van der Waals surface area contributed by atoms with Gasteiger partial charge in [0.25, 0.3) is 0 Å². The van der Waals surface area contributed by atoms with Crippen molar-refractivity contribution in [3.05, 3.63) is 53.1 Å². The van der Waals surface area contributed by atoms with Crippen LogP contribution in [0.3, 0.4) is 0 Å². The van der Waals surface area contributed by atoms with E-state index < -0.39 is 33.7 Å². The second-order valence-electron chi connectivity index (χ2n) is 15.2. The van der Waals surface area contributed by atoms with Crippen molar-refractivity contribution in [2.75, 3.05) is 50.6 Å². The third-order valence-electron chi connectivity index (χ3n) is 13.9. The Bertz CT molecular complexity index is 1860. The minimum Gasteiger partial charge on any atom is -0.506 e. The number of ether oxygens (including phenoxy) is 2. The highest BCUT2D eigenvalue weighted by atomic mass is 16.6. The Balaban J connectivity index is 1.31. The molecule has 0 saturated carbocycles. The largest absolute Gasteiger partial charge is 0.506 e. The first kappa shape index (κ1) is 28.2. The molecule has 7 aliphatic heterocycles. The summed E-state index contributed by atoms with van der Waals surface area (Å²) < 4.78 is 12.8. The highest BCUT2D eigenvalue weighted by Gasteiger charge is 2.81. The number of aromatic hydroxyl groups is 2. The highest BCUT2D eigenvalue weighted by molar-refractivity contribution is 6.02. The number of para-hydroxylation sites is 1. The van der Waals surface area contributed by atoms with Gasteiger partial charge in [0, 0.05) is 32.1 Å². The molecule has 5 fully saturated rings. The zero-order valence-corrected chi connectivity index (χ0v) is 27.0. The van der Waals surface area contributed by atoms with Crippen LogP contribution in [0.5, 0.6) is 17.2 Å². The number of phenolic OH excluding ortho intramolecular Hbond substituents is 2. The topological polar surface area (TPSA) is 126 Å². The number of amides is 1. The van der Waals surface area contributed by atoms with E-state index in [1.54, 1.807) is 19.2 Å². The van der Waals surface area contributed by atoms with Gasteiger partial charge in [-0.3, -0.25) is 24.3 Å². The Hall–Kier alpha value is -3.80. The molecule has 0 unspecified atom stereocenters. The van der Waals surface area contributed by atoms with Crippen LogP contribution in [0.15, 0.2) is 36.4 Å². The maximum absolute atomic E-state index is 13.8. The van der Waals surface area contributed by atoms with Crippen LogP contribution in [0.1, 0.15) is 61.6 Å². The van der Waals surface area contributed by atoms with Crippen LogP contribution in [-0.2, 0) is 25.2 Å². The smallest absolute Gasteiger partial charge is 0.308 e. The minimum atomic E-state index is -1.80. The summed E-state index contributed by atoms with van der Waals surface area (Å²) in [5, 5.41) is 37.1. The van der Waals surface area contributed by atoms with E-state index >= 15 is 0 Å². The van der Waals surface area contributed by atoms with E-state index in [1.807, 2.05) is 26.2 Å². The number of hydrogen-bond acceptors (Lipinski definition) is 10. The first-order chi connectivity index (χ1) is 22.5. The summed E-state index contributed by atoms with van der Waals surface area (Å²) in [6.07, 6.45) is 8.43. The van der Waals surface area contributed by atoms with Gasteiger partial charge in [-0.1, -0.05) is 24.3 Å². The molecule has 2 aromatic carbocycles. The molecular weight excluding hydrogens is 600 g/mol. The lowest BCUT2D eigenvalue weighted by atomic mass is 9.52. The normalized spacial score (nSPS) is 40.9. The van der Waals surface area contributed by atoms with Crippen LogP contribution in [0, 0.1) is 5.41 Å². The molecule has 8 aliphatic rings.